The third-order valence-electron chi connectivity index (χ3n) is 13.6. The monoisotopic (exact) mass is 918 g/mol. The van der Waals surface area contributed by atoms with Crippen LogP contribution in [0.1, 0.15) is 0 Å². The number of fused-ring (bicyclic) bond motifs is 13. The lowest BCUT2D eigenvalue weighted by Crippen LogP contribution is -2.02. The van der Waals surface area contributed by atoms with E-state index in [2.05, 4.69) is 211 Å². The van der Waals surface area contributed by atoms with E-state index in [1.54, 1.807) is 0 Å². The van der Waals surface area contributed by atoms with Crippen LogP contribution in [0.25, 0.3) is 144 Å². The predicted molar refractivity (Wildman–Crippen MR) is 292 cm³/mol. The maximum Gasteiger partial charge on any atom is 0.164 e. The summed E-state index contributed by atoms with van der Waals surface area (Å²) in [5.41, 5.74) is 8.53. The Bertz CT molecular complexity index is 4460. The zero-order valence-electron chi connectivity index (χ0n) is 36.1. The van der Waals surface area contributed by atoms with Gasteiger partial charge in [0.05, 0.1) is 16.7 Å². The lowest BCUT2D eigenvalue weighted by Gasteiger charge is -2.17. The first kappa shape index (κ1) is 38.1. The highest BCUT2D eigenvalue weighted by Crippen LogP contribution is 2.45. The number of thiophene rings is 3. The Morgan fingerprint density at radius 2 is 0.779 bits per heavy atom. The van der Waals surface area contributed by atoms with Crippen LogP contribution < -0.4 is 0 Å². The number of para-hydroxylation sites is 1. The molecule has 5 heterocycles. The van der Waals surface area contributed by atoms with Gasteiger partial charge in [-0.3, -0.25) is 0 Å². The molecule has 5 aromatic heterocycles. The van der Waals surface area contributed by atoms with Gasteiger partial charge in [0.15, 0.2) is 17.5 Å². The van der Waals surface area contributed by atoms with Gasteiger partial charge >= 0.3 is 0 Å². The molecule has 316 valence electrons. The van der Waals surface area contributed by atoms with Crippen molar-refractivity contribution in [2.24, 2.45) is 0 Å². The van der Waals surface area contributed by atoms with E-state index in [4.69, 9.17) is 15.0 Å². The summed E-state index contributed by atoms with van der Waals surface area (Å²) in [5, 5.41) is 12.3. The summed E-state index contributed by atoms with van der Waals surface area (Å²) in [6.45, 7) is 0. The predicted octanol–water partition coefficient (Wildman–Crippen LogP) is 17.9. The molecular weight excluding hydrogens is 885 g/mol. The zero-order valence-corrected chi connectivity index (χ0v) is 38.6. The molecule has 10 aromatic carbocycles. The second-order valence-electron chi connectivity index (χ2n) is 17.5. The molecule has 0 radical (unpaired) electrons. The number of benzene rings is 10. The molecule has 0 fully saturated rings. The van der Waals surface area contributed by atoms with Crippen molar-refractivity contribution in [3.05, 3.63) is 206 Å². The van der Waals surface area contributed by atoms with E-state index in [0.29, 0.717) is 17.5 Å². The van der Waals surface area contributed by atoms with Gasteiger partial charge in [-0.25, -0.2) is 15.0 Å². The molecule has 15 aromatic rings. The van der Waals surface area contributed by atoms with E-state index in [9.17, 15) is 0 Å². The minimum Gasteiger partial charge on any atom is -0.309 e. The van der Waals surface area contributed by atoms with E-state index in [0.717, 1.165) is 33.5 Å². The maximum atomic E-state index is 5.41. The molecular formula is C61H34N4S3. The summed E-state index contributed by atoms with van der Waals surface area (Å²) < 4.78 is 10.0. The van der Waals surface area contributed by atoms with Gasteiger partial charge in [-0.05, 0) is 102 Å². The quantitative estimate of drug-likeness (QED) is 0.173. The highest BCUT2D eigenvalue weighted by Gasteiger charge is 2.22. The first-order valence-corrected chi connectivity index (χ1v) is 25.2. The second kappa shape index (κ2) is 14.7. The molecule has 0 atom stereocenters. The number of aromatic nitrogens is 4. The Balaban J connectivity index is 1.01. The Labute approximate surface area is 401 Å². The molecule has 0 aliphatic rings. The summed E-state index contributed by atoms with van der Waals surface area (Å²) in [6.07, 6.45) is 0. The van der Waals surface area contributed by atoms with Gasteiger partial charge in [-0.15, -0.1) is 34.0 Å². The van der Waals surface area contributed by atoms with Crippen LogP contribution in [0.15, 0.2) is 206 Å². The molecule has 68 heavy (non-hydrogen) atoms. The van der Waals surface area contributed by atoms with Crippen molar-refractivity contribution in [2.75, 3.05) is 0 Å². The fourth-order valence-corrected chi connectivity index (χ4v) is 13.9. The Morgan fingerprint density at radius 1 is 0.294 bits per heavy atom. The van der Waals surface area contributed by atoms with Gasteiger partial charge in [-0.2, -0.15) is 0 Å². The van der Waals surface area contributed by atoms with Gasteiger partial charge in [0.2, 0.25) is 0 Å². The summed E-state index contributed by atoms with van der Waals surface area (Å²) in [4.78, 5) is 16.1. The van der Waals surface area contributed by atoms with E-state index >= 15 is 0 Å². The Kier molecular flexibility index (Phi) is 8.24. The van der Waals surface area contributed by atoms with Crippen LogP contribution in [-0.2, 0) is 0 Å². The van der Waals surface area contributed by atoms with Crippen molar-refractivity contribution in [3.63, 3.8) is 0 Å². The van der Waals surface area contributed by atoms with Gasteiger partial charge in [0.1, 0.15) is 0 Å². The Morgan fingerprint density at radius 3 is 1.43 bits per heavy atom. The van der Waals surface area contributed by atoms with Crippen molar-refractivity contribution in [1.82, 2.24) is 19.5 Å². The topological polar surface area (TPSA) is 43.6 Å². The highest BCUT2D eigenvalue weighted by molar-refractivity contribution is 7.26. The van der Waals surface area contributed by atoms with Crippen molar-refractivity contribution in [2.45, 2.75) is 0 Å². The molecule has 4 nitrogen and oxygen atoms in total. The van der Waals surface area contributed by atoms with E-state index in [-0.39, 0.29) is 0 Å². The third-order valence-corrected chi connectivity index (χ3v) is 17.2. The first-order valence-electron chi connectivity index (χ1n) is 22.7. The van der Waals surface area contributed by atoms with Crippen LogP contribution in [0.5, 0.6) is 0 Å². The third kappa shape index (κ3) is 5.80. The molecule has 0 saturated heterocycles. The fraction of sp³-hybridized carbons (Fsp3) is 0. The lowest BCUT2D eigenvalue weighted by atomic mass is 9.98. The van der Waals surface area contributed by atoms with Crippen molar-refractivity contribution in [3.8, 4) is 51.0 Å². The van der Waals surface area contributed by atoms with Gasteiger partial charge in [0.25, 0.3) is 0 Å². The SMILES string of the molecule is c1ccc2cc3c(cc2c1)c1ccccc1n3-c1ccc(-c2nc(-c3ccc4sc5ccccc5c4c3)nc(-c3ccc4sc5ccccc5c4c3)n2)cc1-c1cccc2c1sc1ccccc12. The standard InChI is InChI=1S/C61H34N4S3/c1-2-13-36-34-52-46(30-35(36)12-1)40-14-3-7-20-50(40)65(52)51-27-24-37(31-47(51)45-19-11-18-44-41-15-4-10-23-55(41)68-58(44)45)59-62-60(38-25-28-56-48(32-38)42-16-5-8-21-53(42)66-56)64-61(63-59)39-26-29-57-49(33-39)43-17-6-9-22-54(43)67-57/h1-34H. The molecule has 0 N–H and O–H groups in total. The highest BCUT2D eigenvalue weighted by atomic mass is 32.1. The molecule has 0 unspecified atom stereocenters. The summed E-state index contributed by atoms with van der Waals surface area (Å²) in [7, 11) is 0. The van der Waals surface area contributed by atoms with Crippen LogP contribution >= 0.6 is 34.0 Å². The molecule has 0 aliphatic heterocycles. The molecule has 0 saturated carbocycles. The average molecular weight is 919 g/mol. The van der Waals surface area contributed by atoms with E-state index in [1.165, 1.54) is 93.1 Å². The van der Waals surface area contributed by atoms with Crippen molar-refractivity contribution >= 4 is 127 Å². The largest absolute Gasteiger partial charge is 0.309 e. The summed E-state index contributed by atoms with van der Waals surface area (Å²) in [5.74, 6) is 1.91. The average Bonchev–Trinajstić information content (AvgIpc) is 4.16. The molecule has 7 heteroatoms. The number of hydrogen-bond acceptors (Lipinski definition) is 6. The molecule has 0 bridgehead atoms. The van der Waals surface area contributed by atoms with Crippen LogP contribution in [0.2, 0.25) is 0 Å². The van der Waals surface area contributed by atoms with Gasteiger partial charge < -0.3 is 4.57 Å². The van der Waals surface area contributed by atoms with Gasteiger partial charge in [-0.1, -0.05) is 115 Å². The van der Waals surface area contributed by atoms with E-state index < -0.39 is 0 Å². The molecule has 0 aliphatic carbocycles. The first-order chi connectivity index (χ1) is 33.7. The smallest absolute Gasteiger partial charge is 0.164 e. The molecule has 0 spiro atoms. The summed E-state index contributed by atoms with van der Waals surface area (Å²) >= 11 is 5.49. The molecule has 0 amide bonds. The minimum atomic E-state index is 0.625. The number of rotatable bonds is 5. The molecule has 15 rings (SSSR count). The van der Waals surface area contributed by atoms with Gasteiger partial charge in [0, 0.05) is 99.1 Å². The normalized spacial score (nSPS) is 12.1. The maximum absolute atomic E-state index is 5.41. The fourth-order valence-electron chi connectivity index (χ4n) is 10.5. The summed E-state index contributed by atoms with van der Waals surface area (Å²) in [6, 6.07) is 75.1. The Hall–Kier alpha value is -8.07. The zero-order chi connectivity index (χ0) is 44.5. The second-order valence-corrected chi connectivity index (χ2v) is 20.7. The van der Waals surface area contributed by atoms with Crippen molar-refractivity contribution < 1.29 is 0 Å². The lowest BCUT2D eigenvalue weighted by molar-refractivity contribution is 1.07. The van der Waals surface area contributed by atoms with Crippen LogP contribution in [0.3, 0.4) is 0 Å². The number of nitrogens with zero attached hydrogens (tertiary/aromatic N) is 4. The van der Waals surface area contributed by atoms with Crippen LogP contribution in [0, 0.1) is 0 Å². The van der Waals surface area contributed by atoms with Crippen LogP contribution in [-0.4, -0.2) is 19.5 Å². The number of hydrogen-bond donors (Lipinski definition) is 0. The van der Waals surface area contributed by atoms with E-state index in [1.807, 2.05) is 34.0 Å². The minimum absolute atomic E-state index is 0.625. The van der Waals surface area contributed by atoms with Crippen LogP contribution in [0.4, 0.5) is 0 Å². The van der Waals surface area contributed by atoms with Crippen molar-refractivity contribution in [1.29, 1.82) is 0 Å².